The van der Waals surface area contributed by atoms with Gasteiger partial charge in [-0.2, -0.15) is 0 Å². The molecule has 3 aromatic rings. The van der Waals surface area contributed by atoms with Crippen LogP contribution in [0.4, 0.5) is 10.1 Å². The lowest BCUT2D eigenvalue weighted by Crippen LogP contribution is -2.43. The maximum absolute atomic E-state index is 13.1. The van der Waals surface area contributed by atoms with Gasteiger partial charge in [0, 0.05) is 43.2 Å². The molecule has 0 saturated carbocycles. The summed E-state index contributed by atoms with van der Waals surface area (Å²) < 4.78 is 13.1. The van der Waals surface area contributed by atoms with Crippen molar-refractivity contribution in [1.82, 2.24) is 10.2 Å². The van der Waals surface area contributed by atoms with Gasteiger partial charge >= 0.3 is 0 Å². The molecule has 1 heterocycles. The number of rotatable bonds is 8. The third-order valence-electron chi connectivity index (χ3n) is 6.45. The highest BCUT2D eigenvalue weighted by molar-refractivity contribution is 6.04. The summed E-state index contributed by atoms with van der Waals surface area (Å²) in [6.45, 7) is 1.53. The molecule has 1 aliphatic rings. The van der Waals surface area contributed by atoms with Crippen LogP contribution in [0.15, 0.2) is 78.9 Å². The van der Waals surface area contributed by atoms with E-state index in [1.54, 1.807) is 18.2 Å². The van der Waals surface area contributed by atoms with Gasteiger partial charge in [0.15, 0.2) is 0 Å². The summed E-state index contributed by atoms with van der Waals surface area (Å²) in [6, 6.07) is 22.6. The molecule has 0 radical (unpaired) electrons. The fourth-order valence-corrected chi connectivity index (χ4v) is 4.34. The Kier molecular flexibility index (Phi) is 8.44. The standard InChI is InChI=1S/C29H30FN3O3/c30-25-12-10-23(11-13-25)29(36)32-26-8-4-7-22(19-26)20-31-28(35)24-15-17-33(18-16-24)27(34)14-9-21-5-2-1-3-6-21/h1-8,10-13,19,24H,9,14-18,20H2,(H,31,35)(H,32,36). The van der Waals surface area contributed by atoms with Crippen molar-refractivity contribution in [3.05, 3.63) is 101 Å². The predicted molar refractivity (Wildman–Crippen MR) is 137 cm³/mol. The number of nitrogens with zero attached hydrogens (tertiary/aromatic N) is 1. The molecular weight excluding hydrogens is 457 g/mol. The second kappa shape index (κ2) is 12.1. The largest absolute Gasteiger partial charge is 0.352 e. The van der Waals surface area contributed by atoms with Crippen molar-refractivity contribution in [2.24, 2.45) is 5.92 Å². The number of benzene rings is 3. The Bertz CT molecular complexity index is 1190. The van der Waals surface area contributed by atoms with Crippen molar-refractivity contribution in [3.8, 4) is 0 Å². The molecule has 0 unspecified atom stereocenters. The molecule has 4 rings (SSSR count). The van der Waals surface area contributed by atoms with E-state index in [1.165, 1.54) is 24.3 Å². The summed E-state index contributed by atoms with van der Waals surface area (Å²) in [7, 11) is 0. The number of amides is 3. The third kappa shape index (κ3) is 7.01. The molecule has 1 saturated heterocycles. The minimum absolute atomic E-state index is 0.0212. The average Bonchev–Trinajstić information content (AvgIpc) is 2.91. The number of likely N-dealkylation sites (tertiary alicyclic amines) is 1. The molecule has 0 atom stereocenters. The minimum atomic E-state index is -0.398. The van der Waals surface area contributed by atoms with Crippen LogP contribution in [0.3, 0.4) is 0 Å². The number of nitrogens with one attached hydrogen (secondary N) is 2. The summed E-state index contributed by atoms with van der Waals surface area (Å²) >= 11 is 0. The molecule has 6 nitrogen and oxygen atoms in total. The van der Waals surface area contributed by atoms with Crippen LogP contribution in [0.25, 0.3) is 0 Å². The Balaban J connectivity index is 1.21. The van der Waals surface area contributed by atoms with Gasteiger partial charge in [0.25, 0.3) is 5.91 Å². The van der Waals surface area contributed by atoms with Crippen molar-refractivity contribution < 1.29 is 18.8 Å². The number of carbonyl (C=O) groups is 3. The zero-order chi connectivity index (χ0) is 25.3. The van der Waals surface area contributed by atoms with Gasteiger partial charge in [-0.1, -0.05) is 42.5 Å². The minimum Gasteiger partial charge on any atom is -0.352 e. The van der Waals surface area contributed by atoms with E-state index in [2.05, 4.69) is 10.6 Å². The van der Waals surface area contributed by atoms with Gasteiger partial charge < -0.3 is 15.5 Å². The van der Waals surface area contributed by atoms with Crippen molar-refractivity contribution in [3.63, 3.8) is 0 Å². The monoisotopic (exact) mass is 487 g/mol. The normalized spacial score (nSPS) is 13.8. The van der Waals surface area contributed by atoms with Crippen LogP contribution in [0.2, 0.25) is 0 Å². The number of hydrogen-bond acceptors (Lipinski definition) is 3. The van der Waals surface area contributed by atoms with E-state index in [4.69, 9.17) is 0 Å². The molecule has 0 aromatic heterocycles. The molecule has 1 fully saturated rings. The Morgan fingerprint density at radius 3 is 2.28 bits per heavy atom. The van der Waals surface area contributed by atoms with Gasteiger partial charge in [-0.15, -0.1) is 0 Å². The van der Waals surface area contributed by atoms with Crippen LogP contribution in [-0.4, -0.2) is 35.7 Å². The molecule has 36 heavy (non-hydrogen) atoms. The van der Waals surface area contributed by atoms with Gasteiger partial charge in [-0.3, -0.25) is 14.4 Å². The lowest BCUT2D eigenvalue weighted by Gasteiger charge is -2.31. The highest BCUT2D eigenvalue weighted by atomic mass is 19.1. The molecule has 1 aliphatic heterocycles. The van der Waals surface area contributed by atoms with E-state index >= 15 is 0 Å². The second-order valence-corrected chi connectivity index (χ2v) is 9.02. The number of piperidine rings is 1. The fourth-order valence-electron chi connectivity index (χ4n) is 4.34. The first-order chi connectivity index (χ1) is 17.5. The molecule has 2 N–H and O–H groups in total. The second-order valence-electron chi connectivity index (χ2n) is 9.02. The fraction of sp³-hybridized carbons (Fsp3) is 0.276. The maximum Gasteiger partial charge on any atom is 0.255 e. The Morgan fingerprint density at radius 1 is 0.861 bits per heavy atom. The Labute approximate surface area is 210 Å². The Hall–Kier alpha value is -4.00. The number of anilines is 1. The van der Waals surface area contributed by atoms with Gasteiger partial charge in [-0.25, -0.2) is 4.39 Å². The average molecular weight is 488 g/mol. The highest BCUT2D eigenvalue weighted by Crippen LogP contribution is 2.19. The number of carbonyl (C=O) groups excluding carboxylic acids is 3. The van der Waals surface area contributed by atoms with Crippen LogP contribution in [0.1, 0.15) is 40.7 Å². The van der Waals surface area contributed by atoms with Crippen molar-refractivity contribution >= 4 is 23.4 Å². The first-order valence-corrected chi connectivity index (χ1v) is 12.2. The van der Waals surface area contributed by atoms with Crippen molar-refractivity contribution in [2.75, 3.05) is 18.4 Å². The van der Waals surface area contributed by atoms with Crippen LogP contribution in [-0.2, 0) is 22.6 Å². The van der Waals surface area contributed by atoms with Crippen LogP contribution in [0, 0.1) is 11.7 Å². The van der Waals surface area contributed by atoms with Gasteiger partial charge in [0.2, 0.25) is 11.8 Å². The molecule has 3 amide bonds. The highest BCUT2D eigenvalue weighted by Gasteiger charge is 2.27. The summed E-state index contributed by atoms with van der Waals surface area (Å²) in [5, 5.41) is 5.77. The van der Waals surface area contributed by atoms with E-state index in [0.29, 0.717) is 50.1 Å². The maximum atomic E-state index is 13.1. The lowest BCUT2D eigenvalue weighted by atomic mass is 9.95. The molecule has 3 aromatic carbocycles. The number of halogens is 1. The van der Waals surface area contributed by atoms with Crippen molar-refractivity contribution in [2.45, 2.75) is 32.2 Å². The van der Waals surface area contributed by atoms with E-state index in [1.807, 2.05) is 41.3 Å². The topological polar surface area (TPSA) is 78.5 Å². The van der Waals surface area contributed by atoms with Crippen molar-refractivity contribution in [1.29, 1.82) is 0 Å². The van der Waals surface area contributed by atoms with E-state index in [9.17, 15) is 18.8 Å². The molecule has 186 valence electrons. The molecule has 0 bridgehead atoms. The first-order valence-electron chi connectivity index (χ1n) is 12.2. The van der Waals surface area contributed by atoms with Gasteiger partial charge in [0.05, 0.1) is 0 Å². The molecular formula is C29H30FN3O3. The van der Waals surface area contributed by atoms with Gasteiger partial charge in [0.1, 0.15) is 5.82 Å². The molecule has 0 spiro atoms. The predicted octanol–water partition coefficient (Wildman–Crippen LogP) is 4.57. The third-order valence-corrected chi connectivity index (χ3v) is 6.45. The zero-order valence-corrected chi connectivity index (χ0v) is 20.1. The summed E-state index contributed by atoms with van der Waals surface area (Å²) in [6.07, 6.45) is 2.51. The lowest BCUT2D eigenvalue weighted by molar-refractivity contribution is -0.135. The quantitative estimate of drug-likeness (QED) is 0.489. The first kappa shape index (κ1) is 25.1. The van der Waals surface area contributed by atoms with E-state index in [0.717, 1.165) is 17.5 Å². The molecule has 7 heteroatoms. The van der Waals surface area contributed by atoms with Crippen LogP contribution < -0.4 is 10.6 Å². The van der Waals surface area contributed by atoms with E-state index < -0.39 is 5.82 Å². The summed E-state index contributed by atoms with van der Waals surface area (Å²) in [5.74, 6) is -0.736. The van der Waals surface area contributed by atoms with E-state index in [-0.39, 0.29) is 23.6 Å². The SMILES string of the molecule is O=C(Nc1cccc(CNC(=O)C2CCN(C(=O)CCc3ccccc3)CC2)c1)c1ccc(F)cc1. The Morgan fingerprint density at radius 2 is 1.56 bits per heavy atom. The zero-order valence-electron chi connectivity index (χ0n) is 20.1. The van der Waals surface area contributed by atoms with Crippen LogP contribution in [0.5, 0.6) is 0 Å². The summed E-state index contributed by atoms with van der Waals surface area (Å²) in [4.78, 5) is 39.5. The number of hydrogen-bond donors (Lipinski definition) is 2. The number of aryl methyl sites for hydroxylation is 1. The smallest absolute Gasteiger partial charge is 0.255 e. The summed E-state index contributed by atoms with van der Waals surface area (Å²) in [5.41, 5.74) is 2.96. The van der Waals surface area contributed by atoms with Crippen LogP contribution >= 0.6 is 0 Å². The van der Waals surface area contributed by atoms with Gasteiger partial charge in [-0.05, 0) is 66.8 Å². The molecule has 0 aliphatic carbocycles.